The van der Waals surface area contributed by atoms with Crippen molar-refractivity contribution in [1.82, 2.24) is 10.2 Å². The smallest absolute Gasteiger partial charge is 0.262 e. The second-order valence-corrected chi connectivity index (χ2v) is 8.29. The van der Waals surface area contributed by atoms with Crippen LogP contribution in [0.5, 0.6) is 0 Å². The third kappa shape index (κ3) is 3.89. The fourth-order valence-corrected chi connectivity index (χ4v) is 4.70. The van der Waals surface area contributed by atoms with Crippen LogP contribution in [-0.2, 0) is 0 Å². The molecule has 0 radical (unpaired) electrons. The summed E-state index contributed by atoms with van der Waals surface area (Å²) in [6.45, 7) is 2.47. The molecule has 0 bridgehead atoms. The highest BCUT2D eigenvalue weighted by atomic mass is 35.5. The summed E-state index contributed by atoms with van der Waals surface area (Å²) in [6, 6.07) is 13.7. The second kappa shape index (κ2) is 7.97. The predicted molar refractivity (Wildman–Crippen MR) is 112 cm³/mol. The summed E-state index contributed by atoms with van der Waals surface area (Å²) in [7, 11) is 3.94. The van der Waals surface area contributed by atoms with Gasteiger partial charge in [-0.25, -0.2) is 0 Å². The van der Waals surface area contributed by atoms with E-state index >= 15 is 0 Å². The van der Waals surface area contributed by atoms with Gasteiger partial charge in [-0.2, -0.15) is 0 Å². The van der Waals surface area contributed by atoms with E-state index in [1.54, 1.807) is 0 Å². The topological polar surface area (TPSA) is 32.3 Å². The van der Waals surface area contributed by atoms with Crippen LogP contribution in [0.4, 0.5) is 0 Å². The highest BCUT2D eigenvalue weighted by molar-refractivity contribution is 7.21. The van der Waals surface area contributed by atoms with Gasteiger partial charge in [0.05, 0.1) is 11.1 Å². The third-order valence-corrected chi connectivity index (χ3v) is 6.33. The van der Waals surface area contributed by atoms with Gasteiger partial charge in [-0.05, 0) is 44.3 Å². The summed E-state index contributed by atoms with van der Waals surface area (Å²) < 4.78 is 1.02. The van der Waals surface area contributed by atoms with Gasteiger partial charge >= 0.3 is 0 Å². The first-order chi connectivity index (χ1) is 12.4. The maximum Gasteiger partial charge on any atom is 0.262 e. The van der Waals surface area contributed by atoms with Crippen LogP contribution in [0.1, 0.15) is 26.8 Å². The predicted octanol–water partition coefficient (Wildman–Crippen LogP) is 5.55. The molecule has 3 rings (SSSR count). The molecule has 136 valence electrons. The first kappa shape index (κ1) is 19.2. The Labute approximate surface area is 167 Å². The lowest BCUT2D eigenvalue weighted by atomic mass is 10.1. The molecule has 0 aliphatic rings. The number of nitrogens with zero attached hydrogens (tertiary/aromatic N) is 1. The van der Waals surface area contributed by atoms with Gasteiger partial charge in [0.2, 0.25) is 0 Å². The average molecular weight is 407 g/mol. The molecular formula is C20H20Cl2N2OS. The monoisotopic (exact) mass is 406 g/mol. The second-order valence-electron chi connectivity index (χ2n) is 6.46. The molecule has 0 spiro atoms. The normalized spacial score (nSPS) is 12.5. The summed E-state index contributed by atoms with van der Waals surface area (Å²) in [5.41, 5.74) is 2.13. The maximum atomic E-state index is 12.7. The van der Waals surface area contributed by atoms with Gasteiger partial charge in [-0.15, -0.1) is 11.3 Å². The van der Waals surface area contributed by atoms with E-state index < -0.39 is 0 Å². The lowest BCUT2D eigenvalue weighted by molar-refractivity contribution is 0.0946. The number of rotatable bonds is 5. The molecule has 2 aromatic carbocycles. The largest absolute Gasteiger partial charge is 0.349 e. The van der Waals surface area contributed by atoms with E-state index in [1.807, 2.05) is 62.3 Å². The fraction of sp³-hybridized carbons (Fsp3) is 0.250. The van der Waals surface area contributed by atoms with Crippen LogP contribution in [0.3, 0.4) is 0 Å². The van der Waals surface area contributed by atoms with Crippen molar-refractivity contribution in [1.29, 1.82) is 0 Å². The first-order valence-electron chi connectivity index (χ1n) is 8.26. The number of benzene rings is 2. The van der Waals surface area contributed by atoms with Gasteiger partial charge in [-0.1, -0.05) is 53.5 Å². The number of thiophene rings is 1. The van der Waals surface area contributed by atoms with E-state index in [1.165, 1.54) is 11.3 Å². The summed E-state index contributed by atoms with van der Waals surface area (Å²) in [5, 5.41) is 5.13. The van der Waals surface area contributed by atoms with Crippen LogP contribution < -0.4 is 5.32 Å². The molecule has 1 N–H and O–H groups in total. The molecule has 0 saturated carbocycles. The van der Waals surface area contributed by atoms with E-state index in [-0.39, 0.29) is 11.9 Å². The highest BCUT2D eigenvalue weighted by Crippen LogP contribution is 2.36. The molecule has 1 unspecified atom stereocenters. The quantitative estimate of drug-likeness (QED) is 0.602. The lowest BCUT2D eigenvalue weighted by Crippen LogP contribution is -2.34. The molecule has 0 fully saturated rings. The van der Waals surface area contributed by atoms with Crippen LogP contribution >= 0.6 is 34.5 Å². The number of aryl methyl sites for hydroxylation is 1. The van der Waals surface area contributed by atoms with Crippen molar-refractivity contribution in [3.8, 4) is 0 Å². The molecule has 0 saturated heterocycles. The van der Waals surface area contributed by atoms with Crippen molar-refractivity contribution >= 4 is 50.5 Å². The molecule has 3 aromatic rings. The number of amides is 1. The summed E-state index contributed by atoms with van der Waals surface area (Å²) in [4.78, 5) is 15.3. The lowest BCUT2D eigenvalue weighted by Gasteiger charge is -2.25. The Hall–Kier alpha value is -1.59. The number of carbonyl (C=O) groups is 1. The summed E-state index contributed by atoms with van der Waals surface area (Å²) in [6.07, 6.45) is 0. The Kier molecular flexibility index (Phi) is 5.88. The van der Waals surface area contributed by atoms with Crippen molar-refractivity contribution in [2.45, 2.75) is 13.0 Å². The maximum absolute atomic E-state index is 12.7. The Morgan fingerprint density at radius 2 is 1.92 bits per heavy atom. The number of likely N-dealkylation sites (N-methyl/N-ethyl adjacent to an activating group) is 1. The SMILES string of the molecule is Cc1ccc2c(Cl)c(C(=O)NCC(c3ccccc3Cl)N(C)C)sc2c1. The minimum Gasteiger partial charge on any atom is -0.349 e. The molecule has 1 heterocycles. The van der Waals surface area contributed by atoms with Crippen molar-refractivity contribution in [3.63, 3.8) is 0 Å². The zero-order valence-electron chi connectivity index (χ0n) is 14.8. The number of nitrogens with one attached hydrogen (secondary N) is 1. The van der Waals surface area contributed by atoms with Gasteiger partial charge in [0, 0.05) is 21.7 Å². The standard InChI is InChI=1S/C20H20Cl2N2OS/c1-12-8-9-14-17(10-12)26-19(18(14)22)20(25)23-11-16(24(2)3)13-6-4-5-7-15(13)21/h4-10,16H,11H2,1-3H3,(H,23,25). The zero-order chi connectivity index (χ0) is 18.8. The number of halogens is 2. The Morgan fingerprint density at radius 3 is 2.62 bits per heavy atom. The molecule has 1 aromatic heterocycles. The summed E-state index contributed by atoms with van der Waals surface area (Å²) >= 11 is 14.2. The molecule has 6 heteroatoms. The number of hydrogen-bond acceptors (Lipinski definition) is 3. The van der Waals surface area contributed by atoms with Crippen LogP contribution in [-0.4, -0.2) is 31.4 Å². The van der Waals surface area contributed by atoms with E-state index in [2.05, 4.69) is 11.4 Å². The number of carbonyl (C=O) groups excluding carboxylic acids is 1. The number of fused-ring (bicyclic) bond motifs is 1. The average Bonchev–Trinajstić information content (AvgIpc) is 2.92. The van der Waals surface area contributed by atoms with Crippen molar-refractivity contribution in [3.05, 3.63) is 68.5 Å². The highest BCUT2D eigenvalue weighted by Gasteiger charge is 2.21. The van der Waals surface area contributed by atoms with Gasteiger partial charge in [0.1, 0.15) is 4.88 Å². The zero-order valence-corrected chi connectivity index (χ0v) is 17.2. The third-order valence-electron chi connectivity index (χ3n) is 4.33. The van der Waals surface area contributed by atoms with Crippen molar-refractivity contribution < 1.29 is 4.79 Å². The van der Waals surface area contributed by atoms with Gasteiger partial charge in [0.25, 0.3) is 5.91 Å². The first-order valence-corrected chi connectivity index (χ1v) is 9.83. The molecule has 1 amide bonds. The van der Waals surface area contributed by atoms with E-state index in [0.29, 0.717) is 21.5 Å². The van der Waals surface area contributed by atoms with Gasteiger partial charge in [-0.3, -0.25) is 4.79 Å². The molecule has 0 aliphatic heterocycles. The van der Waals surface area contributed by atoms with Crippen LogP contribution in [0.15, 0.2) is 42.5 Å². The molecule has 26 heavy (non-hydrogen) atoms. The van der Waals surface area contributed by atoms with E-state index in [0.717, 1.165) is 21.2 Å². The number of hydrogen-bond donors (Lipinski definition) is 1. The van der Waals surface area contributed by atoms with Crippen LogP contribution in [0.25, 0.3) is 10.1 Å². The van der Waals surface area contributed by atoms with E-state index in [9.17, 15) is 4.79 Å². The summed E-state index contributed by atoms with van der Waals surface area (Å²) in [5.74, 6) is -0.159. The van der Waals surface area contributed by atoms with Crippen LogP contribution in [0, 0.1) is 6.92 Å². The molecular weight excluding hydrogens is 387 g/mol. The minimum absolute atomic E-state index is 0.0250. The Balaban J connectivity index is 1.81. The Bertz CT molecular complexity index is 952. The van der Waals surface area contributed by atoms with Crippen molar-refractivity contribution in [2.75, 3.05) is 20.6 Å². The minimum atomic E-state index is -0.159. The van der Waals surface area contributed by atoms with Crippen molar-refractivity contribution in [2.24, 2.45) is 0 Å². The molecule has 3 nitrogen and oxygen atoms in total. The molecule has 1 atom stereocenters. The van der Waals surface area contributed by atoms with E-state index in [4.69, 9.17) is 23.2 Å². The molecule has 0 aliphatic carbocycles. The van der Waals surface area contributed by atoms with Crippen LogP contribution in [0.2, 0.25) is 10.0 Å². The Morgan fingerprint density at radius 1 is 1.19 bits per heavy atom. The van der Waals surface area contributed by atoms with Gasteiger partial charge < -0.3 is 10.2 Å². The van der Waals surface area contributed by atoms with Gasteiger partial charge in [0.15, 0.2) is 0 Å². The fourth-order valence-electron chi connectivity index (χ4n) is 2.90.